The fourth-order valence-electron chi connectivity index (χ4n) is 3.54. The van der Waals surface area contributed by atoms with Gasteiger partial charge in [0, 0.05) is 31.5 Å². The van der Waals surface area contributed by atoms with Gasteiger partial charge in [-0.2, -0.15) is 0 Å². The van der Waals surface area contributed by atoms with Gasteiger partial charge in [0.05, 0.1) is 19.4 Å². The topological polar surface area (TPSA) is 51.1 Å². The van der Waals surface area contributed by atoms with Gasteiger partial charge in [0.25, 0.3) is 0 Å². The summed E-state index contributed by atoms with van der Waals surface area (Å²) in [6, 6.07) is 8.84. The van der Waals surface area contributed by atoms with Crippen LogP contribution in [0.5, 0.6) is 0 Å². The van der Waals surface area contributed by atoms with Crippen LogP contribution in [0.15, 0.2) is 59.1 Å². The largest absolute Gasteiger partial charge is 0.372 e. The van der Waals surface area contributed by atoms with E-state index in [2.05, 4.69) is 66.2 Å². The first-order chi connectivity index (χ1) is 17.0. The van der Waals surface area contributed by atoms with E-state index in [-0.39, 0.29) is 0 Å². The van der Waals surface area contributed by atoms with Gasteiger partial charge in [0.2, 0.25) is 0 Å². The molecule has 6 heteroatoms. The van der Waals surface area contributed by atoms with E-state index in [4.69, 9.17) is 9.05 Å². The maximum atomic E-state index is 12.5. The van der Waals surface area contributed by atoms with Crippen molar-refractivity contribution in [3.8, 4) is 0 Å². The maximum Gasteiger partial charge on any atom is 0.330 e. The molecule has 0 saturated heterocycles. The number of rotatable bonds is 19. The molecule has 0 amide bonds. The molecule has 0 spiro atoms. The second-order valence-electron chi connectivity index (χ2n) is 8.36. The van der Waals surface area contributed by atoms with Crippen molar-refractivity contribution < 1.29 is 13.6 Å². The Labute approximate surface area is 214 Å². The highest BCUT2D eigenvalue weighted by Gasteiger charge is 2.22. The second kappa shape index (κ2) is 19.3. The molecule has 1 aromatic rings. The molecule has 0 aliphatic rings. The third-order valence-corrected chi connectivity index (χ3v) is 7.56. The first-order valence-corrected chi connectivity index (χ1v) is 15.0. The second-order valence-corrected chi connectivity index (χ2v) is 10.5. The first kappa shape index (κ1) is 31.1. The van der Waals surface area contributed by atoms with Crippen molar-refractivity contribution in [1.82, 2.24) is 0 Å². The standard InChI is InChI=1S/C29H47N2O3P/c1-6-11-24-31(25-12-7-2)29-19-17-28(18-20-29)16-15-27(14-8-3)21-23-30-22-13-26-35(32,33-9-4)34-10-5/h8,14-21,23H,6-7,9-13,22,24-26H2,1-5H3/b14-8-,16-15?,27-21+,30-23+. The molecule has 1 aromatic carbocycles. The zero-order valence-corrected chi connectivity index (χ0v) is 23.5. The highest BCUT2D eigenvalue weighted by atomic mass is 31.2. The Morgan fingerprint density at radius 2 is 1.57 bits per heavy atom. The quantitative estimate of drug-likeness (QED) is 0.0826. The van der Waals surface area contributed by atoms with Crippen LogP contribution in [0.4, 0.5) is 5.69 Å². The van der Waals surface area contributed by atoms with Crippen molar-refractivity contribution in [1.29, 1.82) is 0 Å². The van der Waals surface area contributed by atoms with E-state index in [1.54, 1.807) is 0 Å². The molecule has 5 nitrogen and oxygen atoms in total. The first-order valence-electron chi connectivity index (χ1n) is 13.3. The van der Waals surface area contributed by atoms with E-state index in [1.165, 1.54) is 36.9 Å². The van der Waals surface area contributed by atoms with Crippen molar-refractivity contribution >= 4 is 25.6 Å². The molecule has 0 aliphatic heterocycles. The highest BCUT2D eigenvalue weighted by Crippen LogP contribution is 2.48. The van der Waals surface area contributed by atoms with Crippen LogP contribution >= 0.6 is 7.60 Å². The van der Waals surface area contributed by atoms with Crippen LogP contribution in [0.2, 0.25) is 0 Å². The Bertz CT molecular complexity index is 826. The summed E-state index contributed by atoms with van der Waals surface area (Å²) in [7, 11) is -2.98. The Hall–Kier alpha value is -1.94. The molecule has 0 unspecified atom stereocenters. The summed E-state index contributed by atoms with van der Waals surface area (Å²) in [4.78, 5) is 6.95. The van der Waals surface area contributed by atoms with Gasteiger partial charge < -0.3 is 13.9 Å². The summed E-state index contributed by atoms with van der Waals surface area (Å²) in [5.74, 6) is 0. The summed E-state index contributed by atoms with van der Waals surface area (Å²) in [6.07, 6.45) is 18.1. The monoisotopic (exact) mass is 502 g/mol. The van der Waals surface area contributed by atoms with E-state index in [9.17, 15) is 4.57 Å². The molecule has 0 N–H and O–H groups in total. The van der Waals surface area contributed by atoms with Crippen LogP contribution in [0.3, 0.4) is 0 Å². The van der Waals surface area contributed by atoms with Crippen molar-refractivity contribution in [3.05, 3.63) is 59.7 Å². The molecule has 0 aliphatic carbocycles. The number of unbranched alkanes of at least 4 members (excludes halogenated alkanes) is 2. The number of hydrogen-bond acceptors (Lipinski definition) is 5. The number of hydrogen-bond donors (Lipinski definition) is 0. The lowest BCUT2D eigenvalue weighted by atomic mass is 10.1. The van der Waals surface area contributed by atoms with Gasteiger partial charge in [-0.3, -0.25) is 9.56 Å². The van der Waals surface area contributed by atoms with E-state index >= 15 is 0 Å². The van der Waals surface area contributed by atoms with Crippen molar-refractivity contribution in [2.45, 2.75) is 66.7 Å². The average molecular weight is 503 g/mol. The lowest BCUT2D eigenvalue weighted by Crippen LogP contribution is -2.25. The van der Waals surface area contributed by atoms with Gasteiger partial charge in [0.1, 0.15) is 0 Å². The molecule has 0 aromatic heterocycles. The number of benzene rings is 1. The number of anilines is 1. The minimum atomic E-state index is -2.98. The van der Waals surface area contributed by atoms with Crippen LogP contribution < -0.4 is 4.90 Å². The predicted molar refractivity (Wildman–Crippen MR) is 154 cm³/mol. The third kappa shape index (κ3) is 13.7. The lowest BCUT2D eigenvalue weighted by molar-refractivity contribution is 0.220. The molecular weight excluding hydrogens is 455 g/mol. The summed E-state index contributed by atoms with van der Waals surface area (Å²) < 4.78 is 23.1. The zero-order valence-electron chi connectivity index (χ0n) is 22.6. The van der Waals surface area contributed by atoms with Crippen molar-refractivity contribution in [2.75, 3.05) is 43.9 Å². The molecule has 0 atom stereocenters. The summed E-state index contributed by atoms with van der Waals surface area (Å²) in [5.41, 5.74) is 3.55. The van der Waals surface area contributed by atoms with Crippen LogP contribution in [-0.2, 0) is 13.6 Å². The average Bonchev–Trinajstić information content (AvgIpc) is 2.85. The van der Waals surface area contributed by atoms with E-state index in [1.807, 2.05) is 39.1 Å². The molecule has 1 rings (SSSR count). The fourth-order valence-corrected chi connectivity index (χ4v) is 5.19. The Morgan fingerprint density at radius 1 is 0.943 bits per heavy atom. The Balaban J connectivity index is 2.71. The molecular formula is C29H47N2O3P. The molecule has 0 bridgehead atoms. The fraction of sp³-hybridized carbons (Fsp3) is 0.552. The van der Waals surface area contributed by atoms with Gasteiger partial charge >= 0.3 is 7.60 Å². The number of nitrogens with zero attached hydrogens (tertiary/aromatic N) is 2. The number of allylic oxidation sites excluding steroid dienone is 5. The minimum absolute atomic E-state index is 0.390. The minimum Gasteiger partial charge on any atom is -0.372 e. The van der Waals surface area contributed by atoms with Gasteiger partial charge in [-0.15, -0.1) is 0 Å². The molecule has 0 radical (unpaired) electrons. The Kier molecular flexibility index (Phi) is 17.1. The van der Waals surface area contributed by atoms with Gasteiger partial charge in [-0.05, 0) is 69.4 Å². The predicted octanol–water partition coefficient (Wildman–Crippen LogP) is 8.34. The molecule has 35 heavy (non-hydrogen) atoms. The van der Waals surface area contributed by atoms with Gasteiger partial charge in [0.15, 0.2) is 0 Å². The molecule has 196 valence electrons. The smallest absolute Gasteiger partial charge is 0.330 e. The van der Waals surface area contributed by atoms with Gasteiger partial charge in [-0.25, -0.2) is 0 Å². The van der Waals surface area contributed by atoms with Crippen LogP contribution in [0.1, 0.15) is 72.3 Å². The SMILES string of the molecule is C\C=C/C(C=Cc1ccc(N(CCCC)CCCC)cc1)=C\C=N\CCCP(=O)(OCC)OCC. The number of aliphatic imine (C=N–C) groups is 1. The third-order valence-electron chi connectivity index (χ3n) is 5.39. The molecule has 0 heterocycles. The van der Waals surface area contributed by atoms with Crippen molar-refractivity contribution in [3.63, 3.8) is 0 Å². The van der Waals surface area contributed by atoms with Gasteiger partial charge in [-0.1, -0.05) is 63.1 Å². The van der Waals surface area contributed by atoms with Crippen LogP contribution in [-0.4, -0.2) is 45.2 Å². The highest BCUT2D eigenvalue weighted by molar-refractivity contribution is 7.53. The van der Waals surface area contributed by atoms with E-state index in [0.717, 1.165) is 18.7 Å². The Morgan fingerprint density at radius 3 is 2.11 bits per heavy atom. The summed E-state index contributed by atoms with van der Waals surface area (Å²) in [6.45, 7) is 13.8. The zero-order chi connectivity index (χ0) is 25.8. The van der Waals surface area contributed by atoms with Crippen molar-refractivity contribution in [2.24, 2.45) is 4.99 Å². The molecule has 0 fully saturated rings. The van der Waals surface area contributed by atoms with Crippen LogP contribution in [0.25, 0.3) is 6.08 Å². The molecule has 0 saturated carbocycles. The maximum absolute atomic E-state index is 12.5. The summed E-state index contributed by atoms with van der Waals surface area (Å²) in [5, 5.41) is 0. The van der Waals surface area contributed by atoms with Crippen LogP contribution in [0, 0.1) is 0 Å². The summed E-state index contributed by atoms with van der Waals surface area (Å²) >= 11 is 0. The van der Waals surface area contributed by atoms with E-state index in [0.29, 0.717) is 32.3 Å². The lowest BCUT2D eigenvalue weighted by Gasteiger charge is -2.24. The van der Waals surface area contributed by atoms with E-state index < -0.39 is 7.60 Å². The normalized spacial score (nSPS) is 13.0.